The van der Waals surface area contributed by atoms with Crippen LogP contribution in [0.5, 0.6) is 5.75 Å². The standard InChI is InChI=1S/C13H18O4/c1-3-16-12(9-13(15)17-4-2)10-6-5-7-11(14)8-10/h5-8,12,14H,3-4,9H2,1-2H3. The molecule has 4 heteroatoms. The summed E-state index contributed by atoms with van der Waals surface area (Å²) in [5.74, 6) is -0.134. The molecule has 0 saturated carbocycles. The highest BCUT2D eigenvalue weighted by Gasteiger charge is 2.17. The molecule has 0 spiro atoms. The molecule has 1 N–H and O–H groups in total. The molecule has 0 saturated heterocycles. The zero-order valence-corrected chi connectivity index (χ0v) is 10.2. The fourth-order valence-electron chi connectivity index (χ4n) is 1.57. The van der Waals surface area contributed by atoms with E-state index < -0.39 is 0 Å². The van der Waals surface area contributed by atoms with Gasteiger partial charge in [-0.1, -0.05) is 12.1 Å². The number of carbonyl (C=O) groups is 1. The van der Waals surface area contributed by atoms with Crippen molar-refractivity contribution in [2.75, 3.05) is 13.2 Å². The predicted octanol–water partition coefficient (Wildman–Crippen LogP) is 2.42. The SMILES string of the molecule is CCOC(=O)CC(OCC)c1cccc(O)c1. The van der Waals surface area contributed by atoms with Crippen molar-refractivity contribution in [3.05, 3.63) is 29.8 Å². The van der Waals surface area contributed by atoms with E-state index in [1.165, 1.54) is 0 Å². The second kappa shape index (κ2) is 6.91. The minimum atomic E-state index is -0.369. The molecule has 1 aromatic rings. The van der Waals surface area contributed by atoms with Gasteiger partial charge in [-0.25, -0.2) is 0 Å². The average molecular weight is 238 g/mol. The first kappa shape index (κ1) is 13.5. The maximum absolute atomic E-state index is 11.4. The van der Waals surface area contributed by atoms with Crippen molar-refractivity contribution in [2.24, 2.45) is 0 Å². The topological polar surface area (TPSA) is 55.8 Å². The van der Waals surface area contributed by atoms with Gasteiger partial charge in [-0.2, -0.15) is 0 Å². The van der Waals surface area contributed by atoms with Crippen LogP contribution in [0.4, 0.5) is 0 Å². The third-order valence-corrected chi connectivity index (χ3v) is 2.27. The van der Waals surface area contributed by atoms with Crippen LogP contribution in [0, 0.1) is 0 Å². The first-order valence-electron chi connectivity index (χ1n) is 5.73. The molecule has 0 fully saturated rings. The van der Waals surface area contributed by atoms with Crippen LogP contribution in [-0.2, 0) is 14.3 Å². The summed E-state index contributed by atoms with van der Waals surface area (Å²) in [5.41, 5.74) is 0.778. The Morgan fingerprint density at radius 2 is 2.12 bits per heavy atom. The lowest BCUT2D eigenvalue weighted by molar-refractivity contribution is -0.146. The molecule has 94 valence electrons. The summed E-state index contributed by atoms with van der Waals surface area (Å²) < 4.78 is 10.4. The van der Waals surface area contributed by atoms with Crippen molar-refractivity contribution in [3.63, 3.8) is 0 Å². The van der Waals surface area contributed by atoms with E-state index in [4.69, 9.17) is 9.47 Å². The van der Waals surface area contributed by atoms with Crippen LogP contribution < -0.4 is 0 Å². The molecule has 17 heavy (non-hydrogen) atoms. The lowest BCUT2D eigenvalue weighted by Gasteiger charge is -2.16. The monoisotopic (exact) mass is 238 g/mol. The van der Waals surface area contributed by atoms with Crippen molar-refractivity contribution in [1.29, 1.82) is 0 Å². The van der Waals surface area contributed by atoms with E-state index >= 15 is 0 Å². The Balaban J connectivity index is 2.74. The van der Waals surface area contributed by atoms with Crippen molar-refractivity contribution in [3.8, 4) is 5.75 Å². The molecule has 4 nitrogen and oxygen atoms in total. The van der Waals surface area contributed by atoms with E-state index in [0.29, 0.717) is 13.2 Å². The first-order valence-corrected chi connectivity index (χ1v) is 5.73. The van der Waals surface area contributed by atoms with Crippen molar-refractivity contribution < 1.29 is 19.4 Å². The molecule has 1 rings (SSSR count). The highest BCUT2D eigenvalue weighted by molar-refractivity contribution is 5.70. The minimum absolute atomic E-state index is 0.158. The van der Waals surface area contributed by atoms with Gasteiger partial charge in [0.05, 0.1) is 19.1 Å². The van der Waals surface area contributed by atoms with Gasteiger partial charge in [-0.05, 0) is 31.5 Å². The Bertz CT molecular complexity index is 362. The minimum Gasteiger partial charge on any atom is -0.508 e. The van der Waals surface area contributed by atoms with Gasteiger partial charge in [0.2, 0.25) is 0 Å². The Labute approximate surface area is 101 Å². The number of phenolic OH excluding ortho intramolecular Hbond substituents is 1. The van der Waals surface area contributed by atoms with Crippen LogP contribution in [0.15, 0.2) is 24.3 Å². The third-order valence-electron chi connectivity index (χ3n) is 2.27. The van der Waals surface area contributed by atoms with E-state index in [-0.39, 0.29) is 24.2 Å². The van der Waals surface area contributed by atoms with Crippen LogP contribution >= 0.6 is 0 Å². The van der Waals surface area contributed by atoms with Crippen LogP contribution in [-0.4, -0.2) is 24.3 Å². The highest BCUT2D eigenvalue weighted by Crippen LogP contribution is 2.24. The number of hydrogen-bond donors (Lipinski definition) is 1. The molecule has 1 unspecified atom stereocenters. The van der Waals surface area contributed by atoms with Crippen LogP contribution in [0.1, 0.15) is 31.9 Å². The van der Waals surface area contributed by atoms with E-state index in [1.807, 2.05) is 13.0 Å². The number of phenols is 1. The summed E-state index contributed by atoms with van der Waals surface area (Å²) in [5, 5.41) is 9.40. The van der Waals surface area contributed by atoms with E-state index in [0.717, 1.165) is 5.56 Å². The summed E-state index contributed by atoms with van der Waals surface area (Å²) in [6.45, 7) is 4.49. The molecule has 0 aromatic heterocycles. The first-order chi connectivity index (χ1) is 8.17. The lowest BCUT2D eigenvalue weighted by atomic mass is 10.1. The quantitative estimate of drug-likeness (QED) is 0.773. The van der Waals surface area contributed by atoms with Gasteiger partial charge >= 0.3 is 5.97 Å². The maximum atomic E-state index is 11.4. The second-order valence-corrected chi connectivity index (χ2v) is 3.55. The van der Waals surface area contributed by atoms with Crippen molar-refractivity contribution >= 4 is 5.97 Å². The zero-order chi connectivity index (χ0) is 12.7. The molecule has 0 aliphatic heterocycles. The molecule has 0 aliphatic rings. The van der Waals surface area contributed by atoms with Crippen molar-refractivity contribution in [1.82, 2.24) is 0 Å². The lowest BCUT2D eigenvalue weighted by Crippen LogP contribution is -2.13. The van der Waals surface area contributed by atoms with Gasteiger partial charge in [0.25, 0.3) is 0 Å². The maximum Gasteiger partial charge on any atom is 0.308 e. The number of carbonyl (C=O) groups excluding carboxylic acids is 1. The smallest absolute Gasteiger partial charge is 0.308 e. The predicted molar refractivity (Wildman–Crippen MR) is 63.7 cm³/mol. The number of aromatic hydroxyl groups is 1. The summed E-state index contributed by atoms with van der Waals surface area (Å²) in [6, 6.07) is 6.72. The highest BCUT2D eigenvalue weighted by atomic mass is 16.5. The number of ether oxygens (including phenoxy) is 2. The molecule has 0 bridgehead atoms. The van der Waals surface area contributed by atoms with Crippen LogP contribution in [0.25, 0.3) is 0 Å². The summed E-state index contributed by atoms with van der Waals surface area (Å²) in [6.07, 6.45) is -0.211. The Morgan fingerprint density at radius 1 is 1.35 bits per heavy atom. The zero-order valence-electron chi connectivity index (χ0n) is 10.2. The van der Waals surface area contributed by atoms with Gasteiger partial charge < -0.3 is 14.6 Å². The Kier molecular flexibility index (Phi) is 5.49. The normalized spacial score (nSPS) is 12.1. The summed E-state index contributed by atoms with van der Waals surface area (Å²) in [4.78, 5) is 11.4. The molecule has 1 atom stereocenters. The Morgan fingerprint density at radius 3 is 2.71 bits per heavy atom. The average Bonchev–Trinajstić information content (AvgIpc) is 2.29. The molecule has 0 amide bonds. The molecular weight excluding hydrogens is 220 g/mol. The van der Waals surface area contributed by atoms with Gasteiger partial charge in [0.15, 0.2) is 0 Å². The fourth-order valence-corrected chi connectivity index (χ4v) is 1.57. The molecular formula is C13H18O4. The molecule has 0 heterocycles. The number of hydrogen-bond acceptors (Lipinski definition) is 4. The molecule has 0 radical (unpaired) electrons. The van der Waals surface area contributed by atoms with Gasteiger partial charge in [0.1, 0.15) is 5.75 Å². The van der Waals surface area contributed by atoms with Crippen LogP contribution in [0.2, 0.25) is 0 Å². The number of benzene rings is 1. The van der Waals surface area contributed by atoms with Gasteiger partial charge in [-0.3, -0.25) is 4.79 Å². The second-order valence-electron chi connectivity index (χ2n) is 3.55. The molecule has 0 aliphatic carbocycles. The number of esters is 1. The van der Waals surface area contributed by atoms with E-state index in [9.17, 15) is 9.90 Å². The summed E-state index contributed by atoms with van der Waals surface area (Å²) >= 11 is 0. The van der Waals surface area contributed by atoms with Crippen LogP contribution in [0.3, 0.4) is 0 Å². The summed E-state index contributed by atoms with van der Waals surface area (Å²) in [7, 11) is 0. The third kappa shape index (κ3) is 4.44. The molecule has 1 aromatic carbocycles. The van der Waals surface area contributed by atoms with Gasteiger partial charge in [0, 0.05) is 6.61 Å². The van der Waals surface area contributed by atoms with E-state index in [2.05, 4.69) is 0 Å². The van der Waals surface area contributed by atoms with Crippen molar-refractivity contribution in [2.45, 2.75) is 26.4 Å². The largest absolute Gasteiger partial charge is 0.508 e. The van der Waals surface area contributed by atoms with E-state index in [1.54, 1.807) is 25.1 Å². The van der Waals surface area contributed by atoms with Gasteiger partial charge in [-0.15, -0.1) is 0 Å². The number of rotatable bonds is 6. The fraction of sp³-hybridized carbons (Fsp3) is 0.462. The Hall–Kier alpha value is -1.55.